The highest BCUT2D eigenvalue weighted by Gasteiger charge is 2.42. The predicted octanol–water partition coefficient (Wildman–Crippen LogP) is 5.96. The van der Waals surface area contributed by atoms with E-state index in [0.717, 1.165) is 76.6 Å². The van der Waals surface area contributed by atoms with E-state index in [9.17, 15) is 9.90 Å². The molecule has 2 bridgehead atoms. The van der Waals surface area contributed by atoms with Gasteiger partial charge in [-0.15, -0.1) is 0 Å². The summed E-state index contributed by atoms with van der Waals surface area (Å²) >= 11 is 7.12. The van der Waals surface area contributed by atoms with Crippen LogP contribution in [0.5, 0.6) is 0 Å². The van der Waals surface area contributed by atoms with E-state index in [-0.39, 0.29) is 18.1 Å². The summed E-state index contributed by atoms with van der Waals surface area (Å²) in [5, 5.41) is 18.2. The number of hydrogen-bond acceptors (Lipinski definition) is 7. The summed E-state index contributed by atoms with van der Waals surface area (Å²) in [6.07, 6.45) is 12.2. The van der Waals surface area contributed by atoms with Crippen LogP contribution in [-0.4, -0.2) is 77.9 Å². The van der Waals surface area contributed by atoms with E-state index >= 15 is 0 Å². The molecule has 12 nitrogen and oxygen atoms in total. The molecule has 1 aromatic carbocycles. The smallest absolute Gasteiger partial charge is 0.404 e. The molecule has 242 valence electrons. The maximum atomic E-state index is 11.3. The molecule has 0 saturated carbocycles. The van der Waals surface area contributed by atoms with E-state index in [4.69, 9.17) is 31.4 Å². The molecule has 0 unspecified atom stereocenters. The van der Waals surface area contributed by atoms with E-state index in [0.29, 0.717) is 24.9 Å². The Labute approximate surface area is 273 Å². The quantitative estimate of drug-likeness (QED) is 0.139. The molecular weight excluding hydrogens is 622 g/mol. The summed E-state index contributed by atoms with van der Waals surface area (Å²) in [6, 6.07) is 5.47. The number of halogens is 1. The summed E-state index contributed by atoms with van der Waals surface area (Å²) in [6.45, 7) is 8.62. The summed E-state index contributed by atoms with van der Waals surface area (Å²) in [4.78, 5) is 28.3. The monoisotopic (exact) mass is 661 g/mol. The average molecular weight is 662 g/mol. The van der Waals surface area contributed by atoms with Crippen LogP contribution < -0.4 is 10.2 Å². The molecule has 5 aromatic rings. The second-order valence-corrected chi connectivity index (χ2v) is 19.8. The van der Waals surface area contributed by atoms with Crippen LogP contribution in [0.4, 0.5) is 10.6 Å². The molecule has 14 heteroatoms. The highest BCUT2D eigenvalue weighted by atomic mass is 35.5. The van der Waals surface area contributed by atoms with Crippen molar-refractivity contribution in [2.24, 2.45) is 7.05 Å². The zero-order chi connectivity index (χ0) is 32.2. The number of nitrogens with one attached hydrogen (secondary N) is 1. The van der Waals surface area contributed by atoms with Gasteiger partial charge in [-0.1, -0.05) is 37.3 Å². The molecule has 2 aliphatic heterocycles. The molecular formula is C32H40ClN9O3Si. The van der Waals surface area contributed by atoms with E-state index < -0.39 is 14.2 Å². The third-order valence-electron chi connectivity index (χ3n) is 9.29. The third kappa shape index (κ3) is 5.98. The van der Waals surface area contributed by atoms with Crippen molar-refractivity contribution in [3.8, 4) is 11.1 Å². The average Bonchev–Trinajstić information content (AvgIpc) is 3.75. The fourth-order valence-corrected chi connectivity index (χ4v) is 8.00. The number of hydrogen-bond donors (Lipinski definition) is 2. The molecule has 1 amide bonds. The maximum absolute atomic E-state index is 11.3. The number of benzene rings is 1. The Morgan fingerprint density at radius 2 is 1.91 bits per heavy atom. The molecule has 0 radical (unpaired) electrons. The van der Waals surface area contributed by atoms with Crippen LogP contribution in [0.2, 0.25) is 30.7 Å². The van der Waals surface area contributed by atoms with Crippen molar-refractivity contribution in [1.29, 1.82) is 0 Å². The number of aromatic nitrogens is 7. The molecule has 3 atom stereocenters. The minimum absolute atomic E-state index is 0.0386. The summed E-state index contributed by atoms with van der Waals surface area (Å²) in [7, 11) is 0.720. The fraction of sp³-hybridized carbons (Fsp3) is 0.469. The maximum Gasteiger partial charge on any atom is 0.404 e. The topological polar surface area (TPSA) is 128 Å². The van der Waals surface area contributed by atoms with E-state index in [1.165, 1.54) is 0 Å². The van der Waals surface area contributed by atoms with E-state index in [1.54, 1.807) is 6.20 Å². The van der Waals surface area contributed by atoms with E-state index in [1.807, 2.05) is 57.8 Å². The second kappa shape index (κ2) is 12.0. The number of nitrogens with zero attached hydrogens (tertiary/aromatic N) is 8. The molecule has 0 spiro atoms. The lowest BCUT2D eigenvalue weighted by Crippen LogP contribution is -2.50. The molecule has 2 fully saturated rings. The molecule has 6 heterocycles. The number of carbonyl (C=O) groups is 1. The first-order valence-corrected chi connectivity index (χ1v) is 20.0. The van der Waals surface area contributed by atoms with Gasteiger partial charge >= 0.3 is 6.09 Å². The first-order chi connectivity index (χ1) is 22.0. The Bertz CT molecular complexity index is 1900. The van der Waals surface area contributed by atoms with E-state index in [2.05, 4.69) is 34.8 Å². The van der Waals surface area contributed by atoms with Gasteiger partial charge in [-0.25, -0.2) is 19.7 Å². The first-order valence-electron chi connectivity index (χ1n) is 15.9. The van der Waals surface area contributed by atoms with Crippen molar-refractivity contribution in [1.82, 2.24) is 39.2 Å². The number of aryl methyl sites for hydroxylation is 1. The Kier molecular flexibility index (Phi) is 8.02. The van der Waals surface area contributed by atoms with Crippen molar-refractivity contribution in [3.05, 3.63) is 54.0 Å². The molecule has 7 rings (SSSR count). The van der Waals surface area contributed by atoms with Crippen LogP contribution in [0, 0.1) is 0 Å². The number of amides is 1. The molecule has 2 N–H and O–H groups in total. The zero-order valence-corrected chi connectivity index (χ0v) is 28.4. The second-order valence-electron chi connectivity index (χ2n) is 13.8. The largest absolute Gasteiger partial charge is 0.465 e. The highest BCUT2D eigenvalue weighted by Crippen LogP contribution is 2.41. The molecule has 46 heavy (non-hydrogen) atoms. The Hall–Kier alpha value is -3.94. The SMILES string of the molecule is Cn1ccnc1Cn1cc2c(Cl)c(-c3cn(COCC[Si](C)(C)C)c4nc(N5[C@@H]6CC[C@H]5C[C@@H](NC(=O)O)C6)cnc34)ccc2n1. The number of rotatable bonds is 10. The summed E-state index contributed by atoms with van der Waals surface area (Å²) in [5.41, 5.74) is 4.06. The number of fused-ring (bicyclic) bond motifs is 4. The van der Waals surface area contributed by atoms with Gasteiger partial charge in [-0.3, -0.25) is 4.68 Å². The van der Waals surface area contributed by atoms with Gasteiger partial charge in [0.2, 0.25) is 0 Å². The molecule has 4 aromatic heterocycles. The molecule has 2 aliphatic rings. The van der Waals surface area contributed by atoms with Gasteiger partial charge < -0.3 is 29.2 Å². The van der Waals surface area contributed by atoms with Crippen LogP contribution in [0.25, 0.3) is 33.2 Å². The van der Waals surface area contributed by atoms with Gasteiger partial charge in [-0.2, -0.15) is 5.10 Å². The Morgan fingerprint density at radius 1 is 1.13 bits per heavy atom. The lowest BCUT2D eigenvalue weighted by molar-refractivity contribution is 0.0899. The van der Waals surface area contributed by atoms with Gasteiger partial charge in [0.15, 0.2) is 5.65 Å². The fourth-order valence-electron chi connectivity index (χ4n) is 6.94. The van der Waals surface area contributed by atoms with Crippen LogP contribution in [0.3, 0.4) is 0 Å². The Balaban J connectivity index is 1.24. The Morgan fingerprint density at radius 3 is 2.61 bits per heavy atom. The molecule has 0 aliphatic carbocycles. The minimum atomic E-state index is -1.25. The summed E-state index contributed by atoms with van der Waals surface area (Å²) < 4.78 is 12.1. The first kappa shape index (κ1) is 30.7. The third-order valence-corrected chi connectivity index (χ3v) is 11.4. The minimum Gasteiger partial charge on any atom is -0.465 e. The number of imidazole rings is 1. The number of ether oxygens (including phenoxy) is 1. The van der Waals surface area contributed by atoms with Crippen molar-refractivity contribution in [2.45, 2.75) is 82.8 Å². The lowest BCUT2D eigenvalue weighted by atomic mass is 9.97. The van der Waals surface area contributed by atoms with Gasteiger partial charge in [0.25, 0.3) is 0 Å². The van der Waals surface area contributed by atoms with Gasteiger partial charge in [0.05, 0.1) is 23.3 Å². The highest BCUT2D eigenvalue weighted by molar-refractivity contribution is 6.76. The predicted molar refractivity (Wildman–Crippen MR) is 181 cm³/mol. The standard InChI is InChI=1S/C32H40ClN9O3Si/c1-39-10-9-34-28(39)18-41-17-25-26(38-41)8-7-23(29(25)33)24-16-40(19-45-11-12-46(2,3)4)31-30(24)35-15-27(37-31)42-21-5-6-22(42)14-20(13-21)36-32(43)44/h7-10,15-17,20-22,36H,5-6,11-14,18-19H2,1-4H3,(H,43,44)/t20-,21+,22-. The lowest BCUT2D eigenvalue weighted by Gasteiger charge is -2.39. The number of piperidine rings is 1. The van der Waals surface area contributed by atoms with Gasteiger partial charge in [0, 0.05) is 81.2 Å². The van der Waals surface area contributed by atoms with Crippen molar-refractivity contribution in [3.63, 3.8) is 0 Å². The number of carboxylic acid groups (broad SMARTS) is 1. The number of anilines is 1. The van der Waals surface area contributed by atoms with Crippen molar-refractivity contribution in [2.75, 3.05) is 11.5 Å². The zero-order valence-electron chi connectivity index (χ0n) is 26.6. The van der Waals surface area contributed by atoms with Crippen LogP contribution >= 0.6 is 11.6 Å². The molecule has 2 saturated heterocycles. The van der Waals surface area contributed by atoms with Crippen molar-refractivity contribution >= 4 is 53.7 Å². The van der Waals surface area contributed by atoms with Gasteiger partial charge in [-0.05, 0) is 37.8 Å². The van der Waals surface area contributed by atoms with Crippen LogP contribution in [0.15, 0.2) is 43.1 Å². The normalized spacial score (nSPS) is 19.8. The van der Waals surface area contributed by atoms with Gasteiger partial charge in [0.1, 0.15) is 23.9 Å². The van der Waals surface area contributed by atoms with Crippen LogP contribution in [0.1, 0.15) is 31.5 Å². The van der Waals surface area contributed by atoms with Crippen LogP contribution in [-0.2, 0) is 25.1 Å². The van der Waals surface area contributed by atoms with Crippen molar-refractivity contribution < 1.29 is 14.6 Å². The summed E-state index contributed by atoms with van der Waals surface area (Å²) in [5.74, 6) is 1.72.